The van der Waals surface area contributed by atoms with Crippen molar-refractivity contribution in [1.82, 2.24) is 4.72 Å². The molecule has 0 bridgehead atoms. The summed E-state index contributed by atoms with van der Waals surface area (Å²) >= 11 is 0. The second-order valence-corrected chi connectivity index (χ2v) is 7.66. The molecule has 1 fully saturated rings. The highest BCUT2D eigenvalue weighted by molar-refractivity contribution is 7.89. The summed E-state index contributed by atoms with van der Waals surface area (Å²) in [6.07, 6.45) is 4.03. The maximum atomic E-state index is 11.9. The average Bonchev–Trinajstić information content (AvgIpc) is 2.26. The summed E-state index contributed by atoms with van der Waals surface area (Å²) in [4.78, 5) is 11.3. The number of carbonyl (C=O) groups excluding carboxylic acids is 1. The molecular weight excluding hydrogens is 250 g/mol. The van der Waals surface area contributed by atoms with Gasteiger partial charge < -0.3 is 0 Å². The first-order valence-corrected chi connectivity index (χ1v) is 8.46. The third kappa shape index (κ3) is 5.48. The molecule has 0 radical (unpaired) electrons. The summed E-state index contributed by atoms with van der Waals surface area (Å²) in [6, 6.07) is -0.0511. The number of hydrogen-bond acceptors (Lipinski definition) is 3. The Morgan fingerprint density at radius 2 is 2.00 bits per heavy atom. The first-order chi connectivity index (χ1) is 8.30. The normalized spacial score (nSPS) is 25.3. The van der Waals surface area contributed by atoms with Crippen LogP contribution in [-0.2, 0) is 14.8 Å². The molecule has 2 atom stereocenters. The minimum absolute atomic E-state index is 0.0385. The highest BCUT2D eigenvalue weighted by Crippen LogP contribution is 2.25. The van der Waals surface area contributed by atoms with Gasteiger partial charge in [-0.15, -0.1) is 0 Å². The molecule has 18 heavy (non-hydrogen) atoms. The summed E-state index contributed by atoms with van der Waals surface area (Å²) in [5, 5.41) is 0. The van der Waals surface area contributed by atoms with Crippen molar-refractivity contribution in [3.63, 3.8) is 0 Å². The standard InChI is InChI=1S/C13H25NO3S/c1-10(2)7-8-18(16,17)14-13-6-4-5-12(9-13)11(3)15/h10,12-14H,4-9H2,1-3H3. The lowest BCUT2D eigenvalue weighted by Gasteiger charge is -2.28. The van der Waals surface area contributed by atoms with E-state index in [1.54, 1.807) is 6.92 Å². The average molecular weight is 275 g/mol. The predicted octanol–water partition coefficient (Wildman–Crippen LogP) is 2.10. The van der Waals surface area contributed by atoms with Gasteiger partial charge in [0.2, 0.25) is 10.0 Å². The van der Waals surface area contributed by atoms with Crippen LogP contribution in [0.15, 0.2) is 0 Å². The number of Topliss-reactive ketones (excluding diaryl/α,β-unsaturated/α-hetero) is 1. The summed E-state index contributed by atoms with van der Waals surface area (Å²) in [5.41, 5.74) is 0. The zero-order valence-electron chi connectivity index (χ0n) is 11.6. The maximum absolute atomic E-state index is 11.9. The molecule has 0 spiro atoms. The largest absolute Gasteiger partial charge is 0.300 e. The smallest absolute Gasteiger partial charge is 0.211 e. The summed E-state index contributed by atoms with van der Waals surface area (Å²) in [6.45, 7) is 5.63. The second kappa shape index (κ2) is 6.66. The monoisotopic (exact) mass is 275 g/mol. The minimum atomic E-state index is -3.19. The van der Waals surface area contributed by atoms with Crippen LogP contribution in [0.4, 0.5) is 0 Å². The summed E-state index contributed by atoms with van der Waals surface area (Å²) in [5.74, 6) is 0.793. The van der Waals surface area contributed by atoms with Gasteiger partial charge in [0.25, 0.3) is 0 Å². The van der Waals surface area contributed by atoms with E-state index in [9.17, 15) is 13.2 Å². The molecule has 0 heterocycles. The molecule has 4 nitrogen and oxygen atoms in total. The van der Waals surface area contributed by atoms with Crippen LogP contribution in [-0.4, -0.2) is 26.0 Å². The Morgan fingerprint density at radius 3 is 2.56 bits per heavy atom. The summed E-state index contributed by atoms with van der Waals surface area (Å²) < 4.78 is 26.5. The van der Waals surface area contributed by atoms with E-state index in [4.69, 9.17) is 0 Å². The third-order valence-corrected chi connectivity index (χ3v) is 5.02. The van der Waals surface area contributed by atoms with Gasteiger partial charge in [-0.05, 0) is 38.5 Å². The molecule has 1 saturated carbocycles. The van der Waals surface area contributed by atoms with Crippen molar-refractivity contribution in [2.45, 2.75) is 58.9 Å². The Labute approximate surface area is 111 Å². The minimum Gasteiger partial charge on any atom is -0.300 e. The van der Waals surface area contributed by atoms with Crippen molar-refractivity contribution < 1.29 is 13.2 Å². The topological polar surface area (TPSA) is 63.2 Å². The van der Waals surface area contributed by atoms with E-state index in [1.165, 1.54) is 0 Å². The molecular formula is C13H25NO3S. The van der Waals surface area contributed by atoms with E-state index in [1.807, 2.05) is 13.8 Å². The van der Waals surface area contributed by atoms with Crippen LogP contribution < -0.4 is 4.72 Å². The lowest BCUT2D eigenvalue weighted by Crippen LogP contribution is -2.40. The van der Waals surface area contributed by atoms with Crippen LogP contribution in [0, 0.1) is 11.8 Å². The molecule has 106 valence electrons. The van der Waals surface area contributed by atoms with E-state index in [0.717, 1.165) is 19.3 Å². The first kappa shape index (κ1) is 15.6. The predicted molar refractivity (Wildman–Crippen MR) is 72.8 cm³/mol. The highest BCUT2D eigenvalue weighted by Gasteiger charge is 2.27. The maximum Gasteiger partial charge on any atom is 0.211 e. The number of nitrogens with one attached hydrogen (secondary N) is 1. The molecule has 0 aromatic carbocycles. The van der Waals surface area contributed by atoms with Crippen LogP contribution in [0.2, 0.25) is 0 Å². The molecule has 1 aliphatic rings. The van der Waals surface area contributed by atoms with E-state index >= 15 is 0 Å². The number of ketones is 1. The van der Waals surface area contributed by atoms with Gasteiger partial charge in [0, 0.05) is 12.0 Å². The molecule has 0 amide bonds. The summed E-state index contributed by atoms with van der Waals surface area (Å²) in [7, 11) is -3.19. The number of sulfonamides is 1. The van der Waals surface area contributed by atoms with Crippen molar-refractivity contribution in [3.8, 4) is 0 Å². The third-order valence-electron chi connectivity index (χ3n) is 3.56. The molecule has 1 N–H and O–H groups in total. The van der Waals surface area contributed by atoms with E-state index in [2.05, 4.69) is 4.72 Å². The molecule has 5 heteroatoms. The lowest BCUT2D eigenvalue weighted by atomic mass is 9.84. The fourth-order valence-corrected chi connectivity index (χ4v) is 3.99. The van der Waals surface area contributed by atoms with Gasteiger partial charge in [-0.2, -0.15) is 0 Å². The van der Waals surface area contributed by atoms with Crippen LogP contribution >= 0.6 is 0 Å². The van der Waals surface area contributed by atoms with Crippen LogP contribution in [0.25, 0.3) is 0 Å². The molecule has 0 aromatic rings. The second-order valence-electron chi connectivity index (χ2n) is 5.79. The zero-order valence-corrected chi connectivity index (χ0v) is 12.4. The quantitative estimate of drug-likeness (QED) is 0.807. The van der Waals surface area contributed by atoms with Gasteiger partial charge in [-0.3, -0.25) is 4.79 Å². The zero-order chi connectivity index (χ0) is 13.8. The van der Waals surface area contributed by atoms with Crippen molar-refractivity contribution in [2.75, 3.05) is 5.75 Å². The molecule has 0 aromatic heterocycles. The van der Waals surface area contributed by atoms with Crippen molar-refractivity contribution in [2.24, 2.45) is 11.8 Å². The van der Waals surface area contributed by atoms with E-state index < -0.39 is 10.0 Å². The first-order valence-electron chi connectivity index (χ1n) is 6.80. The fourth-order valence-electron chi connectivity index (χ4n) is 2.37. The van der Waals surface area contributed by atoms with E-state index in [-0.39, 0.29) is 23.5 Å². The van der Waals surface area contributed by atoms with Gasteiger partial charge in [0.05, 0.1) is 5.75 Å². The van der Waals surface area contributed by atoms with Gasteiger partial charge in [-0.25, -0.2) is 13.1 Å². The Hall–Kier alpha value is -0.420. The Kier molecular flexibility index (Phi) is 5.79. The SMILES string of the molecule is CC(=O)C1CCCC(NS(=O)(=O)CCC(C)C)C1. The van der Waals surface area contributed by atoms with Crippen molar-refractivity contribution in [1.29, 1.82) is 0 Å². The van der Waals surface area contributed by atoms with Crippen LogP contribution in [0.5, 0.6) is 0 Å². The molecule has 0 aliphatic heterocycles. The number of carbonyl (C=O) groups is 1. The number of hydrogen-bond donors (Lipinski definition) is 1. The van der Waals surface area contributed by atoms with Crippen LogP contribution in [0.1, 0.15) is 52.9 Å². The Bertz CT molecular complexity index is 376. The van der Waals surface area contributed by atoms with Gasteiger partial charge in [-0.1, -0.05) is 20.3 Å². The number of rotatable bonds is 6. The van der Waals surface area contributed by atoms with Crippen LogP contribution in [0.3, 0.4) is 0 Å². The molecule has 1 aliphatic carbocycles. The van der Waals surface area contributed by atoms with Crippen molar-refractivity contribution >= 4 is 15.8 Å². The molecule has 0 saturated heterocycles. The van der Waals surface area contributed by atoms with Gasteiger partial charge in [0.1, 0.15) is 5.78 Å². The van der Waals surface area contributed by atoms with E-state index in [0.29, 0.717) is 18.8 Å². The molecule has 2 unspecified atom stereocenters. The van der Waals surface area contributed by atoms with Gasteiger partial charge >= 0.3 is 0 Å². The Balaban J connectivity index is 2.48. The van der Waals surface area contributed by atoms with Gasteiger partial charge in [0.15, 0.2) is 0 Å². The Morgan fingerprint density at radius 1 is 1.33 bits per heavy atom. The lowest BCUT2D eigenvalue weighted by molar-refractivity contribution is -0.121. The molecule has 1 rings (SSSR count). The highest BCUT2D eigenvalue weighted by atomic mass is 32.2. The van der Waals surface area contributed by atoms with Crippen molar-refractivity contribution in [3.05, 3.63) is 0 Å². The fraction of sp³-hybridized carbons (Fsp3) is 0.923.